The Balaban J connectivity index is 2.90. The maximum absolute atomic E-state index is 5.46. The van der Waals surface area contributed by atoms with Crippen LogP contribution in [0.2, 0.25) is 0 Å². The van der Waals surface area contributed by atoms with Gasteiger partial charge in [-0.1, -0.05) is 5.92 Å². The van der Waals surface area contributed by atoms with Gasteiger partial charge in [-0.3, -0.25) is 4.98 Å². The van der Waals surface area contributed by atoms with Crippen LogP contribution >= 0.6 is 0 Å². The zero-order valence-electron chi connectivity index (χ0n) is 9.15. The van der Waals surface area contributed by atoms with Crippen molar-refractivity contribution < 1.29 is 9.47 Å². The summed E-state index contributed by atoms with van der Waals surface area (Å²) in [4.78, 5) is 4.27. The first-order valence-corrected chi connectivity index (χ1v) is 4.78. The fraction of sp³-hybridized carbons (Fsp3) is 0.154. The fourth-order valence-corrected chi connectivity index (χ4v) is 1.66. The van der Waals surface area contributed by atoms with Crippen LogP contribution in [-0.4, -0.2) is 19.2 Å². The Kier molecular flexibility index (Phi) is 2.65. The molecule has 0 aliphatic rings. The number of aromatic nitrogens is 1. The van der Waals surface area contributed by atoms with E-state index in [1.807, 2.05) is 12.1 Å². The van der Waals surface area contributed by atoms with E-state index in [0.717, 1.165) is 16.5 Å². The Bertz CT molecular complexity index is 570. The molecule has 1 heterocycles. The number of nitrogens with zero attached hydrogens (tertiary/aromatic N) is 1. The van der Waals surface area contributed by atoms with Crippen molar-refractivity contribution in [1.82, 2.24) is 4.98 Å². The standard InChI is InChI=1S/C13H11NO2/c1-4-9-8-11(15-2)13(16-3)12-10(9)6-5-7-14-12/h1,5-8H,2-3H3. The number of ether oxygens (including phenoxy) is 2. The number of rotatable bonds is 2. The Morgan fingerprint density at radius 2 is 2.12 bits per heavy atom. The predicted octanol–water partition coefficient (Wildman–Crippen LogP) is 2.23. The Hall–Kier alpha value is -2.21. The van der Waals surface area contributed by atoms with Crippen molar-refractivity contribution in [2.45, 2.75) is 0 Å². The number of hydrogen-bond acceptors (Lipinski definition) is 3. The van der Waals surface area contributed by atoms with E-state index in [9.17, 15) is 0 Å². The smallest absolute Gasteiger partial charge is 0.187 e. The van der Waals surface area contributed by atoms with Crippen molar-refractivity contribution in [2.24, 2.45) is 0 Å². The first-order valence-electron chi connectivity index (χ1n) is 4.78. The van der Waals surface area contributed by atoms with Gasteiger partial charge < -0.3 is 9.47 Å². The van der Waals surface area contributed by atoms with Crippen LogP contribution in [0.1, 0.15) is 5.56 Å². The Morgan fingerprint density at radius 3 is 2.75 bits per heavy atom. The monoisotopic (exact) mass is 213 g/mol. The summed E-state index contributed by atoms with van der Waals surface area (Å²) in [5.74, 6) is 3.83. The highest BCUT2D eigenvalue weighted by Crippen LogP contribution is 2.35. The van der Waals surface area contributed by atoms with Gasteiger partial charge in [0.15, 0.2) is 11.5 Å². The first-order chi connectivity index (χ1) is 7.81. The molecule has 0 saturated carbocycles. The third-order valence-electron chi connectivity index (χ3n) is 2.39. The van der Waals surface area contributed by atoms with Crippen molar-refractivity contribution in [3.05, 3.63) is 30.0 Å². The van der Waals surface area contributed by atoms with Crippen LogP contribution in [0, 0.1) is 12.3 Å². The minimum absolute atomic E-state index is 0.599. The minimum Gasteiger partial charge on any atom is -0.493 e. The summed E-state index contributed by atoms with van der Waals surface area (Å²) >= 11 is 0. The van der Waals surface area contributed by atoms with E-state index in [1.165, 1.54) is 0 Å². The minimum atomic E-state index is 0.599. The highest BCUT2D eigenvalue weighted by molar-refractivity contribution is 5.92. The number of fused-ring (bicyclic) bond motifs is 1. The number of methoxy groups -OCH3 is 2. The highest BCUT2D eigenvalue weighted by atomic mass is 16.5. The molecule has 0 atom stereocenters. The maximum atomic E-state index is 5.46. The van der Waals surface area contributed by atoms with Gasteiger partial charge in [0.2, 0.25) is 0 Å². The van der Waals surface area contributed by atoms with Crippen molar-refractivity contribution in [1.29, 1.82) is 0 Å². The average molecular weight is 213 g/mol. The lowest BCUT2D eigenvalue weighted by molar-refractivity contribution is 0.358. The van der Waals surface area contributed by atoms with Gasteiger partial charge in [0, 0.05) is 23.2 Å². The van der Waals surface area contributed by atoms with E-state index in [1.54, 1.807) is 26.5 Å². The molecule has 80 valence electrons. The van der Waals surface area contributed by atoms with Crippen molar-refractivity contribution in [2.75, 3.05) is 14.2 Å². The number of terminal acetylenes is 1. The summed E-state index contributed by atoms with van der Waals surface area (Å²) in [6, 6.07) is 5.54. The van der Waals surface area contributed by atoms with Gasteiger partial charge >= 0.3 is 0 Å². The lowest BCUT2D eigenvalue weighted by Crippen LogP contribution is -1.95. The third-order valence-corrected chi connectivity index (χ3v) is 2.39. The van der Waals surface area contributed by atoms with Crippen LogP contribution in [-0.2, 0) is 0 Å². The Labute approximate surface area is 94.0 Å². The van der Waals surface area contributed by atoms with Gasteiger partial charge in [0.05, 0.1) is 14.2 Å². The summed E-state index contributed by atoms with van der Waals surface area (Å²) in [6.45, 7) is 0. The molecule has 0 unspecified atom stereocenters. The van der Waals surface area contributed by atoms with Crippen molar-refractivity contribution in [3.63, 3.8) is 0 Å². The second-order valence-corrected chi connectivity index (χ2v) is 3.20. The normalized spacial score (nSPS) is 9.81. The molecule has 0 fully saturated rings. The summed E-state index contributed by atoms with van der Waals surface area (Å²) in [5.41, 5.74) is 1.47. The molecule has 0 amide bonds. The molecule has 0 N–H and O–H groups in total. The molecular weight excluding hydrogens is 202 g/mol. The highest BCUT2D eigenvalue weighted by Gasteiger charge is 2.12. The molecule has 1 aromatic carbocycles. The third kappa shape index (κ3) is 1.45. The van der Waals surface area contributed by atoms with Crippen LogP contribution in [0.4, 0.5) is 0 Å². The van der Waals surface area contributed by atoms with E-state index in [4.69, 9.17) is 15.9 Å². The molecule has 3 nitrogen and oxygen atoms in total. The molecule has 0 bridgehead atoms. The fourth-order valence-electron chi connectivity index (χ4n) is 1.66. The molecule has 0 aliphatic carbocycles. The lowest BCUT2D eigenvalue weighted by Gasteiger charge is -2.11. The molecule has 0 saturated heterocycles. The number of hydrogen-bond donors (Lipinski definition) is 0. The molecule has 2 rings (SSSR count). The number of pyridine rings is 1. The average Bonchev–Trinajstić information content (AvgIpc) is 2.36. The molecule has 1 aromatic heterocycles. The lowest BCUT2D eigenvalue weighted by atomic mass is 10.1. The second-order valence-electron chi connectivity index (χ2n) is 3.20. The van der Waals surface area contributed by atoms with E-state index >= 15 is 0 Å². The molecule has 2 aromatic rings. The van der Waals surface area contributed by atoms with E-state index in [0.29, 0.717) is 11.5 Å². The topological polar surface area (TPSA) is 31.4 Å². The SMILES string of the molecule is C#Cc1cc(OC)c(OC)c2ncccc12. The number of benzene rings is 1. The molecule has 0 radical (unpaired) electrons. The van der Waals surface area contributed by atoms with Crippen LogP contribution in [0.15, 0.2) is 24.4 Å². The summed E-state index contributed by atoms with van der Waals surface area (Å²) in [5, 5.41) is 0.891. The van der Waals surface area contributed by atoms with Gasteiger partial charge in [-0.25, -0.2) is 0 Å². The zero-order valence-corrected chi connectivity index (χ0v) is 9.15. The molecule has 0 spiro atoms. The second kappa shape index (κ2) is 4.11. The molecule has 0 aliphatic heterocycles. The zero-order chi connectivity index (χ0) is 11.5. The van der Waals surface area contributed by atoms with Crippen molar-refractivity contribution >= 4 is 10.9 Å². The summed E-state index contributed by atoms with van der Waals surface area (Å²) < 4.78 is 10.5. The van der Waals surface area contributed by atoms with E-state index < -0.39 is 0 Å². The maximum Gasteiger partial charge on any atom is 0.187 e. The van der Waals surface area contributed by atoms with Crippen LogP contribution in [0.5, 0.6) is 11.5 Å². The molecule has 3 heteroatoms. The van der Waals surface area contributed by atoms with Gasteiger partial charge in [0.1, 0.15) is 5.52 Å². The van der Waals surface area contributed by atoms with Crippen LogP contribution in [0.3, 0.4) is 0 Å². The van der Waals surface area contributed by atoms with Gasteiger partial charge in [-0.05, 0) is 12.1 Å². The largest absolute Gasteiger partial charge is 0.493 e. The van der Waals surface area contributed by atoms with E-state index in [-0.39, 0.29) is 0 Å². The molecular formula is C13H11NO2. The van der Waals surface area contributed by atoms with Gasteiger partial charge in [-0.2, -0.15) is 0 Å². The van der Waals surface area contributed by atoms with Crippen LogP contribution in [0.25, 0.3) is 10.9 Å². The quantitative estimate of drug-likeness (QED) is 0.717. The summed E-state index contributed by atoms with van der Waals surface area (Å²) in [7, 11) is 3.16. The van der Waals surface area contributed by atoms with Gasteiger partial charge in [-0.15, -0.1) is 6.42 Å². The predicted molar refractivity (Wildman–Crippen MR) is 62.8 cm³/mol. The Morgan fingerprint density at radius 1 is 1.31 bits per heavy atom. The molecule has 16 heavy (non-hydrogen) atoms. The summed E-state index contributed by atoms with van der Waals surface area (Å²) in [6.07, 6.45) is 7.16. The first kappa shape index (κ1) is 10.3. The van der Waals surface area contributed by atoms with Crippen LogP contribution < -0.4 is 9.47 Å². The van der Waals surface area contributed by atoms with Crippen molar-refractivity contribution in [3.8, 4) is 23.8 Å². The van der Waals surface area contributed by atoms with E-state index in [2.05, 4.69) is 10.9 Å². The van der Waals surface area contributed by atoms with Gasteiger partial charge in [0.25, 0.3) is 0 Å².